The summed E-state index contributed by atoms with van der Waals surface area (Å²) < 4.78 is 19.6. The summed E-state index contributed by atoms with van der Waals surface area (Å²) in [5.41, 5.74) is 5.38. The number of primary amides is 1. The number of benzene rings is 2. The standard InChI is InChI=1S/C13H8BrClFNO2/c14-8-2-3-10(16)12(6-8)19-11-4-1-7(13(17)18)5-9(11)15/h1-6H,(H2,17,18). The summed E-state index contributed by atoms with van der Waals surface area (Å²) in [5, 5.41) is 0.177. The molecular formula is C13H8BrClFNO2. The van der Waals surface area contributed by atoms with E-state index >= 15 is 0 Å². The lowest BCUT2D eigenvalue weighted by molar-refractivity contribution is 0.100. The summed E-state index contributed by atoms with van der Waals surface area (Å²) in [6.07, 6.45) is 0. The fourth-order valence-corrected chi connectivity index (χ4v) is 1.97. The molecule has 19 heavy (non-hydrogen) atoms. The lowest BCUT2D eigenvalue weighted by Gasteiger charge is -2.09. The third kappa shape index (κ3) is 3.24. The Bertz CT molecular complexity index is 649. The zero-order valence-electron chi connectivity index (χ0n) is 9.49. The Hall–Kier alpha value is -1.59. The maximum atomic E-state index is 13.5. The second-order valence-corrected chi connectivity index (χ2v) is 5.01. The fraction of sp³-hybridized carbons (Fsp3) is 0. The van der Waals surface area contributed by atoms with Crippen LogP contribution in [0.3, 0.4) is 0 Å². The van der Waals surface area contributed by atoms with Crippen LogP contribution >= 0.6 is 27.5 Å². The predicted octanol–water partition coefficient (Wildman–Crippen LogP) is 4.13. The number of ether oxygens (including phenoxy) is 1. The van der Waals surface area contributed by atoms with Crippen molar-refractivity contribution in [2.75, 3.05) is 0 Å². The summed E-state index contributed by atoms with van der Waals surface area (Å²) in [7, 11) is 0. The van der Waals surface area contributed by atoms with Gasteiger partial charge in [-0.2, -0.15) is 0 Å². The normalized spacial score (nSPS) is 10.3. The zero-order chi connectivity index (χ0) is 14.0. The molecule has 0 saturated carbocycles. The summed E-state index contributed by atoms with van der Waals surface area (Å²) in [6.45, 7) is 0. The van der Waals surface area contributed by atoms with Crippen molar-refractivity contribution in [1.82, 2.24) is 0 Å². The van der Waals surface area contributed by atoms with E-state index in [1.807, 2.05) is 0 Å². The van der Waals surface area contributed by atoms with Gasteiger partial charge in [-0.25, -0.2) is 4.39 Å². The lowest BCUT2D eigenvalue weighted by atomic mass is 10.2. The first-order valence-corrected chi connectivity index (χ1v) is 6.37. The Labute approximate surface area is 122 Å². The molecule has 2 rings (SSSR count). The molecule has 98 valence electrons. The van der Waals surface area contributed by atoms with Gasteiger partial charge < -0.3 is 10.5 Å². The van der Waals surface area contributed by atoms with Gasteiger partial charge in [0.25, 0.3) is 0 Å². The van der Waals surface area contributed by atoms with E-state index in [0.29, 0.717) is 4.47 Å². The number of halogens is 3. The number of nitrogens with two attached hydrogens (primary N) is 1. The molecular weight excluding hydrogens is 337 g/mol. The van der Waals surface area contributed by atoms with Crippen molar-refractivity contribution >= 4 is 33.4 Å². The van der Waals surface area contributed by atoms with Crippen LogP contribution in [0.25, 0.3) is 0 Å². The third-order valence-corrected chi connectivity index (χ3v) is 3.12. The Morgan fingerprint density at radius 2 is 1.95 bits per heavy atom. The first-order chi connectivity index (χ1) is 8.97. The highest BCUT2D eigenvalue weighted by atomic mass is 79.9. The second-order valence-electron chi connectivity index (χ2n) is 3.69. The molecule has 0 atom stereocenters. The Kier molecular flexibility index (Phi) is 4.07. The summed E-state index contributed by atoms with van der Waals surface area (Å²) >= 11 is 9.17. The van der Waals surface area contributed by atoms with Gasteiger partial charge in [0.15, 0.2) is 11.6 Å². The van der Waals surface area contributed by atoms with Crippen molar-refractivity contribution in [3.05, 3.63) is 57.3 Å². The minimum absolute atomic E-state index is 0.0306. The largest absolute Gasteiger partial charge is 0.453 e. The minimum Gasteiger partial charge on any atom is -0.453 e. The van der Waals surface area contributed by atoms with Crippen LogP contribution in [-0.2, 0) is 0 Å². The summed E-state index contributed by atoms with van der Waals surface area (Å²) in [4.78, 5) is 11.0. The molecule has 3 nitrogen and oxygen atoms in total. The van der Waals surface area contributed by atoms with Gasteiger partial charge in [0.05, 0.1) is 5.02 Å². The van der Waals surface area contributed by atoms with E-state index in [1.54, 1.807) is 6.07 Å². The molecule has 0 unspecified atom stereocenters. The van der Waals surface area contributed by atoms with Crippen LogP contribution in [0.15, 0.2) is 40.9 Å². The van der Waals surface area contributed by atoms with Crippen molar-refractivity contribution < 1.29 is 13.9 Å². The van der Waals surface area contributed by atoms with Crippen molar-refractivity contribution in [3.8, 4) is 11.5 Å². The van der Waals surface area contributed by atoms with Crippen LogP contribution in [-0.4, -0.2) is 5.91 Å². The molecule has 2 N–H and O–H groups in total. The van der Waals surface area contributed by atoms with Gasteiger partial charge >= 0.3 is 0 Å². The van der Waals surface area contributed by atoms with Crippen molar-refractivity contribution in [1.29, 1.82) is 0 Å². The van der Waals surface area contributed by atoms with E-state index in [4.69, 9.17) is 22.1 Å². The Morgan fingerprint density at radius 1 is 1.21 bits per heavy atom. The summed E-state index contributed by atoms with van der Waals surface area (Å²) in [6, 6.07) is 8.59. The van der Waals surface area contributed by atoms with Gasteiger partial charge in [0.1, 0.15) is 5.75 Å². The topological polar surface area (TPSA) is 52.3 Å². The first kappa shape index (κ1) is 13.8. The van der Waals surface area contributed by atoms with E-state index in [2.05, 4.69) is 15.9 Å². The summed E-state index contributed by atoms with van der Waals surface area (Å²) in [5.74, 6) is -0.841. The zero-order valence-corrected chi connectivity index (χ0v) is 11.8. The maximum Gasteiger partial charge on any atom is 0.248 e. The molecule has 2 aromatic rings. The van der Waals surface area contributed by atoms with E-state index in [9.17, 15) is 9.18 Å². The van der Waals surface area contributed by atoms with E-state index in [0.717, 1.165) is 0 Å². The van der Waals surface area contributed by atoms with Crippen molar-refractivity contribution in [2.24, 2.45) is 5.73 Å². The molecule has 0 aliphatic carbocycles. The maximum absolute atomic E-state index is 13.5. The quantitative estimate of drug-likeness (QED) is 0.910. The van der Waals surface area contributed by atoms with Crippen LogP contribution < -0.4 is 10.5 Å². The number of hydrogen-bond donors (Lipinski definition) is 1. The molecule has 0 bridgehead atoms. The lowest BCUT2D eigenvalue weighted by Crippen LogP contribution is -2.10. The van der Waals surface area contributed by atoms with Gasteiger partial charge in [-0.3, -0.25) is 4.79 Å². The Balaban J connectivity index is 2.33. The van der Waals surface area contributed by atoms with Crippen LogP contribution in [0.1, 0.15) is 10.4 Å². The van der Waals surface area contributed by atoms with Crippen molar-refractivity contribution in [2.45, 2.75) is 0 Å². The van der Waals surface area contributed by atoms with Crippen molar-refractivity contribution in [3.63, 3.8) is 0 Å². The molecule has 0 aromatic heterocycles. The van der Waals surface area contributed by atoms with Crippen LogP contribution in [0.4, 0.5) is 4.39 Å². The minimum atomic E-state index is -0.595. The highest BCUT2D eigenvalue weighted by Crippen LogP contribution is 2.32. The monoisotopic (exact) mass is 343 g/mol. The molecule has 0 fully saturated rings. The van der Waals surface area contributed by atoms with Crippen LogP contribution in [0.2, 0.25) is 5.02 Å². The smallest absolute Gasteiger partial charge is 0.248 e. The molecule has 6 heteroatoms. The van der Waals surface area contributed by atoms with Gasteiger partial charge in [-0.15, -0.1) is 0 Å². The van der Waals surface area contributed by atoms with Gasteiger partial charge in [-0.05, 0) is 36.4 Å². The number of carbonyl (C=O) groups is 1. The number of hydrogen-bond acceptors (Lipinski definition) is 2. The predicted molar refractivity (Wildman–Crippen MR) is 74.1 cm³/mol. The van der Waals surface area contributed by atoms with E-state index < -0.39 is 11.7 Å². The average Bonchev–Trinajstić information content (AvgIpc) is 2.36. The third-order valence-electron chi connectivity index (χ3n) is 2.33. The molecule has 2 aromatic carbocycles. The molecule has 0 aliphatic heterocycles. The molecule has 0 aliphatic rings. The molecule has 0 spiro atoms. The average molecular weight is 345 g/mol. The molecule has 1 amide bonds. The highest BCUT2D eigenvalue weighted by Gasteiger charge is 2.10. The van der Waals surface area contributed by atoms with E-state index in [-0.39, 0.29) is 22.1 Å². The number of carbonyl (C=O) groups excluding carboxylic acids is 1. The molecule has 0 heterocycles. The number of amides is 1. The highest BCUT2D eigenvalue weighted by molar-refractivity contribution is 9.10. The van der Waals surface area contributed by atoms with E-state index in [1.165, 1.54) is 30.3 Å². The Morgan fingerprint density at radius 3 is 2.58 bits per heavy atom. The van der Waals surface area contributed by atoms with Gasteiger partial charge in [0.2, 0.25) is 5.91 Å². The second kappa shape index (κ2) is 5.59. The fourth-order valence-electron chi connectivity index (χ4n) is 1.41. The van der Waals surface area contributed by atoms with Crippen LogP contribution in [0.5, 0.6) is 11.5 Å². The molecule has 0 radical (unpaired) electrons. The molecule has 0 saturated heterocycles. The van der Waals surface area contributed by atoms with Gasteiger partial charge in [-0.1, -0.05) is 27.5 Å². The van der Waals surface area contributed by atoms with Gasteiger partial charge in [0, 0.05) is 10.0 Å². The van der Waals surface area contributed by atoms with Crippen LogP contribution in [0, 0.1) is 5.82 Å². The first-order valence-electron chi connectivity index (χ1n) is 5.19. The number of rotatable bonds is 3. The SMILES string of the molecule is NC(=O)c1ccc(Oc2cc(Br)ccc2F)c(Cl)c1.